The van der Waals surface area contributed by atoms with Gasteiger partial charge >= 0.3 is 0 Å². The molecule has 1 heterocycles. The van der Waals surface area contributed by atoms with E-state index >= 15 is 0 Å². The Hall–Kier alpha value is -2.30. The van der Waals surface area contributed by atoms with Gasteiger partial charge in [-0.15, -0.1) is 0 Å². The van der Waals surface area contributed by atoms with Crippen LogP contribution in [0.1, 0.15) is 11.5 Å². The van der Waals surface area contributed by atoms with Gasteiger partial charge in [-0.2, -0.15) is 14.0 Å². The van der Waals surface area contributed by atoms with Crippen LogP contribution in [-0.4, -0.2) is 11.7 Å². The Labute approximate surface area is 146 Å². The summed E-state index contributed by atoms with van der Waals surface area (Å²) in [6.07, 6.45) is 1.25. The smallest absolute Gasteiger partial charge is 0.284 e. The van der Waals surface area contributed by atoms with Crippen molar-refractivity contribution in [2.24, 2.45) is 0 Å². The van der Waals surface area contributed by atoms with Crippen LogP contribution in [0.3, 0.4) is 0 Å². The minimum absolute atomic E-state index is 0.00433. The third-order valence-corrected chi connectivity index (χ3v) is 3.74. The molecule has 0 saturated heterocycles. The molecule has 0 bridgehead atoms. The third kappa shape index (κ3) is 5.41. The fourth-order valence-electron chi connectivity index (χ4n) is 1.72. The minimum Gasteiger partial charge on any atom is -0.461 e. The first kappa shape index (κ1) is 18.0. The maximum Gasteiger partial charge on any atom is 0.284 e. The fraction of sp³-hybridized carbons (Fsp3) is 0.125. The first-order valence-electron chi connectivity index (χ1n) is 6.65. The van der Waals surface area contributed by atoms with Crippen LogP contribution in [0.5, 0.6) is 0 Å². The maximum absolute atomic E-state index is 12.1. The number of hydrogen-bond donors (Lipinski definition) is 1. The number of nitrogens with one attached hydrogen (secondary N) is 1. The molecule has 8 heteroatoms. The number of rotatable bonds is 6. The number of alkyl halides is 2. The summed E-state index contributed by atoms with van der Waals surface area (Å²) in [5.74, 6) is -2.53. The number of furan rings is 1. The molecule has 0 aliphatic carbocycles. The highest BCUT2D eigenvalue weighted by atomic mass is 35.5. The lowest BCUT2D eigenvalue weighted by atomic mass is 10.2. The van der Waals surface area contributed by atoms with Gasteiger partial charge in [0.15, 0.2) is 0 Å². The normalized spacial score (nSPS) is 11.4. The Balaban J connectivity index is 2.06. The molecule has 0 unspecified atom stereocenters. The van der Waals surface area contributed by atoms with Gasteiger partial charge in [0.1, 0.15) is 23.2 Å². The number of halogens is 3. The number of nitrogens with zero attached hydrogens (tertiary/aromatic N) is 1. The molecule has 0 saturated carbocycles. The molecule has 24 heavy (non-hydrogen) atoms. The van der Waals surface area contributed by atoms with Crippen molar-refractivity contribution in [3.8, 4) is 6.07 Å². The second-order valence-electron chi connectivity index (χ2n) is 4.51. The highest BCUT2D eigenvalue weighted by molar-refractivity contribution is 7.98. The number of nitriles is 1. The van der Waals surface area contributed by atoms with Crippen molar-refractivity contribution in [3.63, 3.8) is 0 Å². The van der Waals surface area contributed by atoms with Crippen LogP contribution in [0.2, 0.25) is 5.02 Å². The number of anilines is 1. The average molecular weight is 369 g/mol. The molecule has 4 nitrogen and oxygen atoms in total. The zero-order valence-corrected chi connectivity index (χ0v) is 13.7. The summed E-state index contributed by atoms with van der Waals surface area (Å²) in [5.41, 5.74) is 0.311. The zero-order chi connectivity index (χ0) is 17.5. The molecule has 0 fully saturated rings. The molecule has 1 aromatic heterocycles. The van der Waals surface area contributed by atoms with Crippen molar-refractivity contribution >= 4 is 41.0 Å². The molecule has 1 aromatic carbocycles. The third-order valence-electron chi connectivity index (χ3n) is 2.79. The molecule has 2 rings (SSSR count). The molecule has 1 N–H and O–H groups in total. The van der Waals surface area contributed by atoms with E-state index in [4.69, 9.17) is 21.3 Å². The van der Waals surface area contributed by atoms with Gasteiger partial charge in [-0.05, 0) is 36.4 Å². The minimum atomic E-state index is -2.49. The van der Waals surface area contributed by atoms with Gasteiger partial charge in [-0.25, -0.2) is 0 Å². The Morgan fingerprint density at radius 1 is 1.33 bits per heavy atom. The molecule has 0 aliphatic heterocycles. The Bertz CT molecular complexity index is 782. The summed E-state index contributed by atoms with van der Waals surface area (Å²) in [7, 11) is 0. The van der Waals surface area contributed by atoms with E-state index in [1.165, 1.54) is 18.2 Å². The molecule has 124 valence electrons. The second kappa shape index (κ2) is 8.52. The standard InChI is InChI=1S/C16H11ClF2N2O2S/c17-11-1-3-12(4-2-11)21-15(22)10(8-20)7-13-5-6-14(23-13)9-24-16(18)19/h1-7,16H,9H2,(H,21,22)/b10-7+. The SMILES string of the molecule is N#C/C(=C\c1ccc(CSC(F)F)o1)C(=O)Nc1ccc(Cl)cc1. The summed E-state index contributed by atoms with van der Waals surface area (Å²) in [6, 6.07) is 11.2. The molecule has 0 spiro atoms. The maximum atomic E-state index is 12.1. The number of amides is 1. The van der Waals surface area contributed by atoms with Crippen LogP contribution in [0.25, 0.3) is 6.08 Å². The predicted octanol–water partition coefficient (Wildman–Crippen LogP) is 4.93. The molecule has 0 radical (unpaired) electrons. The van der Waals surface area contributed by atoms with Crippen molar-refractivity contribution in [1.29, 1.82) is 5.26 Å². The van der Waals surface area contributed by atoms with Gasteiger partial charge < -0.3 is 9.73 Å². The monoisotopic (exact) mass is 368 g/mol. The topological polar surface area (TPSA) is 66.0 Å². The second-order valence-corrected chi connectivity index (χ2v) is 5.92. The van der Waals surface area contributed by atoms with Crippen LogP contribution in [0, 0.1) is 11.3 Å². The highest BCUT2D eigenvalue weighted by Crippen LogP contribution is 2.22. The van der Waals surface area contributed by atoms with Crippen molar-refractivity contribution < 1.29 is 18.0 Å². The average Bonchev–Trinajstić information content (AvgIpc) is 3.00. The summed E-state index contributed by atoms with van der Waals surface area (Å²) < 4.78 is 29.6. The predicted molar refractivity (Wildman–Crippen MR) is 89.7 cm³/mol. The van der Waals surface area contributed by atoms with Crippen molar-refractivity contribution in [3.05, 3.63) is 58.5 Å². The first-order valence-corrected chi connectivity index (χ1v) is 8.08. The lowest BCUT2D eigenvalue weighted by Crippen LogP contribution is -2.13. The Morgan fingerprint density at radius 2 is 2.04 bits per heavy atom. The van der Waals surface area contributed by atoms with Crippen LogP contribution in [0.4, 0.5) is 14.5 Å². The van der Waals surface area contributed by atoms with Gasteiger partial charge in [0.2, 0.25) is 0 Å². The zero-order valence-electron chi connectivity index (χ0n) is 12.1. The van der Waals surface area contributed by atoms with Gasteiger partial charge in [0.25, 0.3) is 11.7 Å². The van der Waals surface area contributed by atoms with Gasteiger partial charge in [0.05, 0.1) is 5.75 Å². The number of hydrogen-bond acceptors (Lipinski definition) is 4. The molecule has 0 atom stereocenters. The highest BCUT2D eigenvalue weighted by Gasteiger charge is 2.12. The Kier molecular flexibility index (Phi) is 6.41. The molecular formula is C16H11ClF2N2O2S. The van der Waals surface area contributed by atoms with Crippen molar-refractivity contribution in [2.75, 3.05) is 5.32 Å². The lowest BCUT2D eigenvalue weighted by molar-refractivity contribution is -0.112. The van der Waals surface area contributed by atoms with E-state index in [1.807, 2.05) is 0 Å². The van der Waals surface area contributed by atoms with E-state index in [0.29, 0.717) is 28.2 Å². The molecule has 0 aliphatic rings. The number of carbonyl (C=O) groups excluding carboxylic acids is 1. The van der Waals surface area contributed by atoms with Crippen LogP contribution in [-0.2, 0) is 10.5 Å². The fourth-order valence-corrected chi connectivity index (χ4v) is 2.29. The molecule has 1 amide bonds. The van der Waals surface area contributed by atoms with Gasteiger partial charge in [0, 0.05) is 16.8 Å². The first-order chi connectivity index (χ1) is 11.5. The van der Waals surface area contributed by atoms with E-state index in [1.54, 1.807) is 30.3 Å². The lowest BCUT2D eigenvalue weighted by Gasteiger charge is -2.03. The van der Waals surface area contributed by atoms with Crippen molar-refractivity contribution in [1.82, 2.24) is 0 Å². The van der Waals surface area contributed by atoms with Crippen molar-refractivity contribution in [2.45, 2.75) is 11.5 Å². The van der Waals surface area contributed by atoms with Crippen LogP contribution >= 0.6 is 23.4 Å². The molecule has 2 aromatic rings. The van der Waals surface area contributed by atoms with E-state index in [-0.39, 0.29) is 17.1 Å². The number of benzene rings is 1. The van der Waals surface area contributed by atoms with Gasteiger partial charge in [-0.3, -0.25) is 4.79 Å². The van der Waals surface area contributed by atoms with E-state index in [9.17, 15) is 13.6 Å². The number of thioether (sulfide) groups is 1. The Morgan fingerprint density at radius 3 is 2.67 bits per heavy atom. The quantitative estimate of drug-likeness (QED) is 0.579. The van der Waals surface area contributed by atoms with E-state index in [2.05, 4.69) is 5.32 Å². The largest absolute Gasteiger partial charge is 0.461 e. The number of carbonyl (C=O) groups is 1. The summed E-state index contributed by atoms with van der Waals surface area (Å²) in [6.45, 7) is 0. The molecular weight excluding hydrogens is 358 g/mol. The summed E-state index contributed by atoms with van der Waals surface area (Å²) in [4.78, 5) is 12.1. The van der Waals surface area contributed by atoms with Crippen LogP contribution in [0.15, 0.2) is 46.4 Å². The van der Waals surface area contributed by atoms with E-state index < -0.39 is 11.7 Å². The van der Waals surface area contributed by atoms with Crippen LogP contribution < -0.4 is 5.32 Å². The summed E-state index contributed by atoms with van der Waals surface area (Å²) >= 11 is 6.18. The summed E-state index contributed by atoms with van der Waals surface area (Å²) in [5, 5.41) is 12.2. The van der Waals surface area contributed by atoms with E-state index in [0.717, 1.165) is 0 Å². The van der Waals surface area contributed by atoms with Gasteiger partial charge in [-0.1, -0.05) is 23.4 Å².